The fourth-order valence-corrected chi connectivity index (χ4v) is 2.82. The molecular formula is C20H23N3O2. The van der Waals surface area contributed by atoms with E-state index in [1.807, 2.05) is 61.5 Å². The second-order valence-electron chi connectivity index (χ2n) is 6.47. The van der Waals surface area contributed by atoms with Gasteiger partial charge in [0.25, 0.3) is 5.91 Å². The highest BCUT2D eigenvalue weighted by Crippen LogP contribution is 2.27. The molecule has 0 saturated heterocycles. The van der Waals surface area contributed by atoms with Crippen molar-refractivity contribution in [3.8, 4) is 0 Å². The molecule has 1 aliphatic rings. The number of hydrogen-bond acceptors (Lipinski definition) is 4. The van der Waals surface area contributed by atoms with Gasteiger partial charge in [-0.3, -0.25) is 4.79 Å². The smallest absolute Gasteiger partial charge is 0.271 e. The van der Waals surface area contributed by atoms with E-state index in [9.17, 15) is 4.79 Å². The second kappa shape index (κ2) is 7.38. The van der Waals surface area contributed by atoms with Gasteiger partial charge >= 0.3 is 0 Å². The third-order valence-electron chi connectivity index (χ3n) is 4.31. The molecule has 0 N–H and O–H groups in total. The third kappa shape index (κ3) is 3.99. The Kier molecular flexibility index (Phi) is 5.03. The molecule has 5 heteroatoms. The summed E-state index contributed by atoms with van der Waals surface area (Å²) in [6, 6.07) is 18.0. The Hall–Kier alpha value is -2.82. The minimum atomic E-state index is -0.173. The third-order valence-corrected chi connectivity index (χ3v) is 4.31. The van der Waals surface area contributed by atoms with Crippen LogP contribution < -0.4 is 4.90 Å². The summed E-state index contributed by atoms with van der Waals surface area (Å²) in [6.07, 6.45) is 0.333. The Morgan fingerprint density at radius 2 is 1.76 bits per heavy atom. The second-order valence-corrected chi connectivity index (χ2v) is 6.47. The normalized spacial score (nSPS) is 16.1. The van der Waals surface area contributed by atoms with Crippen LogP contribution >= 0.6 is 0 Å². The van der Waals surface area contributed by atoms with Crippen LogP contribution in [0.15, 0.2) is 59.8 Å². The molecule has 0 fully saturated rings. The van der Waals surface area contributed by atoms with Gasteiger partial charge in [0.15, 0.2) is 6.10 Å². The van der Waals surface area contributed by atoms with E-state index in [1.165, 1.54) is 0 Å². The maximum absolute atomic E-state index is 12.6. The van der Waals surface area contributed by atoms with Gasteiger partial charge in [0.2, 0.25) is 0 Å². The van der Waals surface area contributed by atoms with Crippen molar-refractivity contribution in [2.45, 2.75) is 19.1 Å². The highest BCUT2D eigenvalue weighted by molar-refractivity contribution is 6.38. The molecule has 1 heterocycles. The molecule has 0 spiro atoms. The van der Waals surface area contributed by atoms with Crippen LogP contribution in [0, 0.1) is 0 Å². The Bertz CT molecular complexity index is 754. The molecule has 25 heavy (non-hydrogen) atoms. The maximum Gasteiger partial charge on any atom is 0.271 e. The first kappa shape index (κ1) is 17.0. The van der Waals surface area contributed by atoms with E-state index in [4.69, 9.17) is 4.84 Å². The van der Waals surface area contributed by atoms with Crippen molar-refractivity contribution in [2.75, 3.05) is 26.0 Å². The molecule has 0 saturated carbocycles. The van der Waals surface area contributed by atoms with Crippen molar-refractivity contribution in [1.82, 2.24) is 4.90 Å². The minimum Gasteiger partial charge on any atom is -0.387 e. The van der Waals surface area contributed by atoms with Gasteiger partial charge in [-0.25, -0.2) is 0 Å². The molecule has 0 bridgehead atoms. The Balaban J connectivity index is 1.59. The van der Waals surface area contributed by atoms with Gasteiger partial charge in [-0.15, -0.1) is 0 Å². The van der Waals surface area contributed by atoms with Gasteiger partial charge in [-0.2, -0.15) is 0 Å². The number of hydrogen-bond donors (Lipinski definition) is 0. The number of amides is 1. The largest absolute Gasteiger partial charge is 0.387 e. The number of rotatable bonds is 5. The number of nitrogens with zero attached hydrogens (tertiary/aromatic N) is 3. The lowest BCUT2D eigenvalue weighted by Gasteiger charge is -2.18. The lowest BCUT2D eigenvalue weighted by molar-refractivity contribution is -0.123. The average molecular weight is 337 g/mol. The summed E-state index contributed by atoms with van der Waals surface area (Å²) < 4.78 is 0. The zero-order valence-corrected chi connectivity index (χ0v) is 14.8. The Morgan fingerprint density at radius 1 is 1.08 bits per heavy atom. The van der Waals surface area contributed by atoms with Gasteiger partial charge in [0.1, 0.15) is 5.71 Å². The molecule has 1 aliphatic heterocycles. The van der Waals surface area contributed by atoms with E-state index in [0.717, 1.165) is 16.8 Å². The van der Waals surface area contributed by atoms with Gasteiger partial charge in [-0.05, 0) is 23.3 Å². The SMILES string of the molecule is CN(Cc1ccc(N(C)C)cc1)C(=O)C1=NO[C@H](c2ccccc2)C1. The van der Waals surface area contributed by atoms with E-state index >= 15 is 0 Å². The summed E-state index contributed by atoms with van der Waals surface area (Å²) in [5.74, 6) is -0.0879. The summed E-state index contributed by atoms with van der Waals surface area (Å²) in [4.78, 5) is 21.8. The van der Waals surface area contributed by atoms with Crippen LogP contribution in [0.5, 0.6) is 0 Å². The van der Waals surface area contributed by atoms with Gasteiger partial charge in [-0.1, -0.05) is 47.6 Å². The first-order chi connectivity index (χ1) is 12.0. The molecule has 0 aromatic heterocycles. The van der Waals surface area contributed by atoms with Crippen LogP contribution in [-0.2, 0) is 16.2 Å². The molecule has 3 rings (SSSR count). The fraction of sp³-hybridized carbons (Fsp3) is 0.300. The molecule has 2 aromatic carbocycles. The van der Waals surface area contributed by atoms with E-state index in [0.29, 0.717) is 18.7 Å². The van der Waals surface area contributed by atoms with Crippen molar-refractivity contribution >= 4 is 17.3 Å². The van der Waals surface area contributed by atoms with Crippen LogP contribution in [0.1, 0.15) is 23.7 Å². The highest BCUT2D eigenvalue weighted by Gasteiger charge is 2.29. The number of benzene rings is 2. The summed E-state index contributed by atoms with van der Waals surface area (Å²) in [5.41, 5.74) is 3.73. The van der Waals surface area contributed by atoms with Crippen molar-refractivity contribution in [1.29, 1.82) is 0 Å². The molecule has 130 valence electrons. The molecule has 1 atom stereocenters. The Labute approximate surface area is 148 Å². The van der Waals surface area contributed by atoms with Gasteiger partial charge < -0.3 is 14.6 Å². The number of carbonyl (C=O) groups is 1. The van der Waals surface area contributed by atoms with Gasteiger partial charge in [0, 0.05) is 39.8 Å². The number of carbonyl (C=O) groups excluding carboxylic acids is 1. The summed E-state index contributed by atoms with van der Waals surface area (Å²) in [5, 5.41) is 4.01. The molecule has 0 aliphatic carbocycles. The average Bonchev–Trinajstić information content (AvgIpc) is 3.12. The minimum absolute atomic E-state index is 0.0879. The van der Waals surface area contributed by atoms with Crippen molar-refractivity contribution in [3.63, 3.8) is 0 Å². The van der Waals surface area contributed by atoms with Crippen LogP contribution in [0.4, 0.5) is 5.69 Å². The monoisotopic (exact) mass is 337 g/mol. The molecule has 0 unspecified atom stereocenters. The topological polar surface area (TPSA) is 45.1 Å². The van der Waals surface area contributed by atoms with Crippen LogP contribution in [-0.4, -0.2) is 37.7 Å². The first-order valence-corrected chi connectivity index (χ1v) is 8.34. The first-order valence-electron chi connectivity index (χ1n) is 8.34. The zero-order valence-electron chi connectivity index (χ0n) is 14.8. The summed E-state index contributed by atoms with van der Waals surface area (Å²) >= 11 is 0. The summed E-state index contributed by atoms with van der Waals surface area (Å²) in [7, 11) is 5.80. The summed E-state index contributed by atoms with van der Waals surface area (Å²) in [6.45, 7) is 0.543. The van der Waals surface area contributed by atoms with E-state index in [2.05, 4.69) is 17.3 Å². The van der Waals surface area contributed by atoms with Crippen LogP contribution in [0.3, 0.4) is 0 Å². The zero-order chi connectivity index (χ0) is 17.8. The van der Waals surface area contributed by atoms with Crippen LogP contribution in [0.25, 0.3) is 0 Å². The molecular weight excluding hydrogens is 314 g/mol. The predicted octanol–water partition coefficient (Wildman–Crippen LogP) is 3.23. The quantitative estimate of drug-likeness (QED) is 0.841. The van der Waals surface area contributed by atoms with Gasteiger partial charge in [0.05, 0.1) is 0 Å². The molecule has 1 amide bonds. The lowest BCUT2D eigenvalue weighted by Crippen LogP contribution is -2.32. The van der Waals surface area contributed by atoms with Crippen LogP contribution in [0.2, 0.25) is 0 Å². The van der Waals surface area contributed by atoms with Crippen molar-refractivity contribution in [3.05, 3.63) is 65.7 Å². The van der Waals surface area contributed by atoms with Crippen molar-refractivity contribution in [2.24, 2.45) is 5.16 Å². The maximum atomic E-state index is 12.6. The van der Waals surface area contributed by atoms with Crippen molar-refractivity contribution < 1.29 is 9.63 Å². The van der Waals surface area contributed by atoms with E-state index in [1.54, 1.807) is 11.9 Å². The number of oxime groups is 1. The Morgan fingerprint density at radius 3 is 2.40 bits per heavy atom. The molecule has 0 radical (unpaired) electrons. The fourth-order valence-electron chi connectivity index (χ4n) is 2.82. The predicted molar refractivity (Wildman–Crippen MR) is 99.6 cm³/mol. The van der Waals surface area contributed by atoms with E-state index in [-0.39, 0.29) is 12.0 Å². The number of anilines is 1. The highest BCUT2D eigenvalue weighted by atomic mass is 16.6. The lowest BCUT2D eigenvalue weighted by atomic mass is 10.0. The standard InChI is InChI=1S/C20H23N3O2/c1-22(2)17-11-9-15(10-12-17)14-23(3)20(24)18-13-19(25-21-18)16-7-5-4-6-8-16/h4-12,19H,13-14H2,1-3H3/t19-/m0/s1. The van der Waals surface area contributed by atoms with E-state index < -0.39 is 0 Å². The molecule has 5 nitrogen and oxygen atoms in total. The molecule has 2 aromatic rings.